The number of rotatable bonds is 4. The predicted molar refractivity (Wildman–Crippen MR) is 61.2 cm³/mol. The van der Waals surface area contributed by atoms with Gasteiger partial charge in [-0.1, -0.05) is 0 Å². The van der Waals surface area contributed by atoms with E-state index in [0.29, 0.717) is 6.04 Å². The normalized spacial score (nSPS) is 19.6. The molecular formula is C11H17NO2S. The molecule has 1 aliphatic rings. The first-order chi connectivity index (χ1) is 7.31. The molecular weight excluding hydrogens is 210 g/mol. The van der Waals surface area contributed by atoms with Gasteiger partial charge in [0.2, 0.25) is 0 Å². The summed E-state index contributed by atoms with van der Waals surface area (Å²) < 4.78 is 10.9. The van der Waals surface area contributed by atoms with Crippen LogP contribution < -0.4 is 5.32 Å². The van der Waals surface area contributed by atoms with Crippen molar-refractivity contribution in [2.45, 2.75) is 25.7 Å². The van der Waals surface area contributed by atoms with Crippen LogP contribution in [0.5, 0.6) is 0 Å². The first-order valence-electron chi connectivity index (χ1n) is 5.25. The van der Waals surface area contributed by atoms with Gasteiger partial charge in [0.1, 0.15) is 0 Å². The Balaban J connectivity index is 2.00. The maximum Gasteiger partial charge on any atom is 0.159 e. The molecule has 2 heterocycles. The van der Waals surface area contributed by atoms with Crippen LogP contribution in [0.3, 0.4) is 0 Å². The SMILES string of the molecule is CNC(CC1OCCO1)c1ccsc1C. The Bertz CT molecular complexity index is 307. The highest BCUT2D eigenvalue weighted by molar-refractivity contribution is 7.10. The molecule has 0 aromatic carbocycles. The van der Waals surface area contributed by atoms with Gasteiger partial charge in [-0.3, -0.25) is 0 Å². The van der Waals surface area contributed by atoms with Crippen molar-refractivity contribution in [1.82, 2.24) is 5.32 Å². The minimum absolute atomic E-state index is 0.0400. The van der Waals surface area contributed by atoms with E-state index in [0.717, 1.165) is 19.6 Å². The number of aryl methyl sites for hydroxylation is 1. The fourth-order valence-corrected chi connectivity index (χ4v) is 2.66. The molecule has 0 saturated carbocycles. The van der Waals surface area contributed by atoms with Crippen LogP contribution in [-0.4, -0.2) is 26.6 Å². The molecule has 1 aliphatic heterocycles. The summed E-state index contributed by atoms with van der Waals surface area (Å²) >= 11 is 1.78. The minimum atomic E-state index is -0.0400. The Hall–Kier alpha value is -0.420. The summed E-state index contributed by atoms with van der Waals surface area (Å²) in [5.74, 6) is 0. The summed E-state index contributed by atoms with van der Waals surface area (Å²) in [6.45, 7) is 3.61. The Morgan fingerprint density at radius 2 is 2.27 bits per heavy atom. The molecule has 2 rings (SSSR count). The Labute approximate surface area is 94.4 Å². The maximum absolute atomic E-state index is 5.46. The Morgan fingerprint density at radius 1 is 1.53 bits per heavy atom. The topological polar surface area (TPSA) is 30.5 Å². The predicted octanol–water partition coefficient (Wildman–Crippen LogP) is 2.08. The molecule has 1 fully saturated rings. The summed E-state index contributed by atoms with van der Waals surface area (Å²) in [6.07, 6.45) is 0.843. The lowest BCUT2D eigenvalue weighted by atomic mass is 10.1. The highest BCUT2D eigenvalue weighted by Crippen LogP contribution is 2.27. The fraction of sp³-hybridized carbons (Fsp3) is 0.636. The summed E-state index contributed by atoms with van der Waals surface area (Å²) in [5, 5.41) is 5.45. The van der Waals surface area contributed by atoms with Crippen LogP contribution in [0.25, 0.3) is 0 Å². The van der Waals surface area contributed by atoms with Crippen molar-refractivity contribution in [3.05, 3.63) is 21.9 Å². The highest BCUT2D eigenvalue weighted by atomic mass is 32.1. The van der Waals surface area contributed by atoms with Crippen LogP contribution in [0.2, 0.25) is 0 Å². The van der Waals surface area contributed by atoms with E-state index in [1.54, 1.807) is 11.3 Å². The van der Waals surface area contributed by atoms with Gasteiger partial charge in [0.05, 0.1) is 13.2 Å². The summed E-state index contributed by atoms with van der Waals surface area (Å²) in [6, 6.07) is 2.51. The molecule has 84 valence electrons. The molecule has 1 aromatic rings. The number of nitrogens with one attached hydrogen (secondary N) is 1. The van der Waals surface area contributed by atoms with Gasteiger partial charge in [-0.15, -0.1) is 11.3 Å². The molecule has 4 heteroatoms. The molecule has 0 radical (unpaired) electrons. The molecule has 1 atom stereocenters. The van der Waals surface area contributed by atoms with Gasteiger partial charge in [0.15, 0.2) is 6.29 Å². The zero-order valence-corrected chi connectivity index (χ0v) is 9.97. The highest BCUT2D eigenvalue weighted by Gasteiger charge is 2.22. The monoisotopic (exact) mass is 227 g/mol. The summed E-state index contributed by atoms with van der Waals surface area (Å²) in [5.41, 5.74) is 1.36. The van der Waals surface area contributed by atoms with E-state index < -0.39 is 0 Å². The molecule has 1 unspecified atom stereocenters. The number of thiophene rings is 1. The van der Waals surface area contributed by atoms with Gasteiger partial charge in [-0.25, -0.2) is 0 Å². The number of hydrogen-bond donors (Lipinski definition) is 1. The largest absolute Gasteiger partial charge is 0.350 e. The van der Waals surface area contributed by atoms with Crippen LogP contribution in [0.4, 0.5) is 0 Å². The molecule has 0 amide bonds. The van der Waals surface area contributed by atoms with E-state index in [2.05, 4.69) is 23.7 Å². The van der Waals surface area contributed by atoms with E-state index in [9.17, 15) is 0 Å². The molecule has 0 bridgehead atoms. The summed E-state index contributed by atoms with van der Waals surface area (Å²) in [7, 11) is 1.98. The van der Waals surface area contributed by atoms with Crippen molar-refractivity contribution in [2.24, 2.45) is 0 Å². The smallest absolute Gasteiger partial charge is 0.159 e. The van der Waals surface area contributed by atoms with Crippen LogP contribution in [0, 0.1) is 6.92 Å². The van der Waals surface area contributed by atoms with Crippen molar-refractivity contribution < 1.29 is 9.47 Å². The van der Waals surface area contributed by atoms with Gasteiger partial charge >= 0.3 is 0 Å². The number of ether oxygens (including phenoxy) is 2. The van der Waals surface area contributed by atoms with Crippen molar-refractivity contribution in [3.63, 3.8) is 0 Å². The van der Waals surface area contributed by atoms with E-state index in [1.165, 1.54) is 10.4 Å². The standard InChI is InChI=1S/C11H17NO2S/c1-8-9(3-6-15-8)10(12-2)7-11-13-4-5-14-11/h3,6,10-12H,4-5,7H2,1-2H3. The van der Waals surface area contributed by atoms with Crippen molar-refractivity contribution in [3.8, 4) is 0 Å². The van der Waals surface area contributed by atoms with Gasteiger partial charge < -0.3 is 14.8 Å². The van der Waals surface area contributed by atoms with Gasteiger partial charge in [0.25, 0.3) is 0 Å². The van der Waals surface area contributed by atoms with Gasteiger partial charge in [-0.05, 0) is 31.0 Å². The van der Waals surface area contributed by atoms with E-state index in [-0.39, 0.29) is 6.29 Å². The zero-order valence-electron chi connectivity index (χ0n) is 9.16. The fourth-order valence-electron chi connectivity index (χ4n) is 1.89. The van der Waals surface area contributed by atoms with Crippen molar-refractivity contribution in [2.75, 3.05) is 20.3 Å². The molecule has 1 saturated heterocycles. The van der Waals surface area contributed by atoms with Gasteiger partial charge in [0, 0.05) is 17.3 Å². The third-order valence-electron chi connectivity index (χ3n) is 2.74. The Kier molecular flexibility index (Phi) is 3.75. The lowest BCUT2D eigenvalue weighted by Crippen LogP contribution is -2.23. The van der Waals surface area contributed by atoms with E-state index in [1.807, 2.05) is 7.05 Å². The van der Waals surface area contributed by atoms with Crippen LogP contribution in [-0.2, 0) is 9.47 Å². The second-order valence-electron chi connectivity index (χ2n) is 3.68. The molecule has 3 nitrogen and oxygen atoms in total. The van der Waals surface area contributed by atoms with Crippen LogP contribution >= 0.6 is 11.3 Å². The number of hydrogen-bond acceptors (Lipinski definition) is 4. The lowest BCUT2D eigenvalue weighted by Gasteiger charge is -2.19. The zero-order chi connectivity index (χ0) is 10.7. The van der Waals surface area contributed by atoms with Gasteiger partial charge in [-0.2, -0.15) is 0 Å². The lowest BCUT2D eigenvalue weighted by molar-refractivity contribution is -0.0526. The average Bonchev–Trinajstić information content (AvgIpc) is 2.85. The second-order valence-corrected chi connectivity index (χ2v) is 4.80. The minimum Gasteiger partial charge on any atom is -0.350 e. The first kappa shape index (κ1) is 11.1. The van der Waals surface area contributed by atoms with E-state index >= 15 is 0 Å². The molecule has 1 N–H and O–H groups in total. The molecule has 15 heavy (non-hydrogen) atoms. The van der Waals surface area contributed by atoms with Crippen LogP contribution in [0.15, 0.2) is 11.4 Å². The van der Waals surface area contributed by atoms with Crippen LogP contribution in [0.1, 0.15) is 22.9 Å². The van der Waals surface area contributed by atoms with E-state index in [4.69, 9.17) is 9.47 Å². The van der Waals surface area contributed by atoms with Crippen molar-refractivity contribution >= 4 is 11.3 Å². The summed E-state index contributed by atoms with van der Waals surface area (Å²) in [4.78, 5) is 1.37. The molecule has 1 aromatic heterocycles. The quantitative estimate of drug-likeness (QED) is 0.854. The second kappa shape index (κ2) is 5.07. The Morgan fingerprint density at radius 3 is 2.80 bits per heavy atom. The third-order valence-corrected chi connectivity index (χ3v) is 3.60. The maximum atomic E-state index is 5.46. The van der Waals surface area contributed by atoms with Crippen molar-refractivity contribution in [1.29, 1.82) is 0 Å². The first-order valence-corrected chi connectivity index (χ1v) is 6.13. The third kappa shape index (κ3) is 2.58. The molecule has 0 spiro atoms. The average molecular weight is 227 g/mol. The molecule has 0 aliphatic carbocycles.